The number of aliphatic carboxylic acids is 1. The molecule has 0 spiro atoms. The van der Waals surface area contributed by atoms with Gasteiger partial charge < -0.3 is 10.4 Å². The van der Waals surface area contributed by atoms with Crippen molar-refractivity contribution in [3.05, 3.63) is 0 Å². The number of nitrogens with one attached hydrogen (secondary N) is 2. The van der Waals surface area contributed by atoms with Gasteiger partial charge in [-0.2, -0.15) is 0 Å². The van der Waals surface area contributed by atoms with Crippen LogP contribution in [0.15, 0.2) is 0 Å². The van der Waals surface area contributed by atoms with Crippen molar-refractivity contribution in [3.8, 4) is 0 Å². The minimum atomic E-state index is -0.890. The monoisotopic (exact) mass is 158 g/mol. The minimum absolute atomic E-state index is 0.200. The van der Waals surface area contributed by atoms with Gasteiger partial charge in [-0.25, -0.2) is 4.79 Å². The molecule has 0 bridgehead atoms. The molecule has 0 amide bonds. The normalized spacial score (nSPS) is 12.2. The molecule has 4 nitrogen and oxygen atoms in total. The summed E-state index contributed by atoms with van der Waals surface area (Å²) in [6.07, 6.45) is 1.36. The molecule has 0 radical (unpaired) electrons. The molecule has 0 aromatic rings. The summed E-state index contributed by atoms with van der Waals surface area (Å²) >= 11 is 0. The van der Waals surface area contributed by atoms with Crippen LogP contribution < -0.4 is 5.32 Å². The highest BCUT2D eigenvalue weighted by Crippen LogP contribution is 1.95. The summed E-state index contributed by atoms with van der Waals surface area (Å²) in [4.78, 5) is 10.5. The lowest BCUT2D eigenvalue weighted by molar-refractivity contribution is -0.139. The molecule has 0 fully saturated rings. The molecule has 0 aromatic heterocycles. The molecule has 0 rings (SSSR count). The maximum Gasteiger partial charge on any atom is 0.326 e. The van der Waals surface area contributed by atoms with Gasteiger partial charge in [0.05, 0.1) is 5.84 Å². The Labute approximate surface area is 66.1 Å². The van der Waals surface area contributed by atoms with Crippen molar-refractivity contribution < 1.29 is 9.90 Å². The molecule has 1 unspecified atom stereocenters. The van der Waals surface area contributed by atoms with E-state index in [1.54, 1.807) is 0 Å². The third-order valence-electron chi connectivity index (χ3n) is 1.27. The molecule has 0 aliphatic rings. The van der Waals surface area contributed by atoms with Crippen LogP contribution in [0.25, 0.3) is 0 Å². The third-order valence-corrected chi connectivity index (χ3v) is 1.27. The van der Waals surface area contributed by atoms with E-state index in [4.69, 9.17) is 10.5 Å². The topological polar surface area (TPSA) is 73.2 Å². The average Bonchev–Trinajstić information content (AvgIpc) is 1.86. The van der Waals surface area contributed by atoms with E-state index in [-0.39, 0.29) is 5.84 Å². The number of carboxylic acids is 1. The summed E-state index contributed by atoms with van der Waals surface area (Å²) in [5.41, 5.74) is 0. The first-order valence-electron chi connectivity index (χ1n) is 3.62. The standard InChI is InChI=1S/C7H14N2O2/c1-3-4-6(7(10)11)9-5(2)8/h6H,3-4H2,1-2H3,(H2,8,9)(H,10,11). The molecule has 0 aromatic carbocycles. The second kappa shape index (κ2) is 4.71. The van der Waals surface area contributed by atoms with E-state index in [0.29, 0.717) is 6.42 Å². The van der Waals surface area contributed by atoms with Crippen LogP contribution in [0, 0.1) is 5.41 Å². The van der Waals surface area contributed by atoms with Gasteiger partial charge in [0.15, 0.2) is 0 Å². The first-order chi connectivity index (χ1) is 5.07. The van der Waals surface area contributed by atoms with E-state index >= 15 is 0 Å². The first kappa shape index (κ1) is 9.94. The van der Waals surface area contributed by atoms with Crippen LogP contribution in [0.5, 0.6) is 0 Å². The van der Waals surface area contributed by atoms with Crippen LogP contribution in [-0.2, 0) is 4.79 Å². The van der Waals surface area contributed by atoms with Crippen molar-refractivity contribution in [2.24, 2.45) is 0 Å². The molecule has 0 saturated carbocycles. The number of amidine groups is 1. The Morgan fingerprint density at radius 2 is 2.27 bits per heavy atom. The highest BCUT2D eigenvalue weighted by atomic mass is 16.4. The molecule has 11 heavy (non-hydrogen) atoms. The molecule has 0 aliphatic carbocycles. The Bertz CT molecular complexity index is 157. The van der Waals surface area contributed by atoms with Gasteiger partial charge in [-0.15, -0.1) is 0 Å². The lowest BCUT2D eigenvalue weighted by atomic mass is 10.2. The van der Waals surface area contributed by atoms with Crippen LogP contribution in [0.1, 0.15) is 26.7 Å². The van der Waals surface area contributed by atoms with Crippen LogP contribution in [0.2, 0.25) is 0 Å². The highest BCUT2D eigenvalue weighted by molar-refractivity contribution is 5.83. The van der Waals surface area contributed by atoms with E-state index in [9.17, 15) is 4.79 Å². The maximum atomic E-state index is 10.5. The largest absolute Gasteiger partial charge is 0.480 e. The van der Waals surface area contributed by atoms with Crippen molar-refractivity contribution in [2.45, 2.75) is 32.7 Å². The molecular formula is C7H14N2O2. The second-order valence-electron chi connectivity index (χ2n) is 2.45. The molecular weight excluding hydrogens is 144 g/mol. The summed E-state index contributed by atoms with van der Waals surface area (Å²) in [6.45, 7) is 3.45. The van der Waals surface area contributed by atoms with E-state index in [0.717, 1.165) is 6.42 Å². The Hall–Kier alpha value is -1.06. The van der Waals surface area contributed by atoms with Gasteiger partial charge in [-0.05, 0) is 13.3 Å². The fraction of sp³-hybridized carbons (Fsp3) is 0.714. The average molecular weight is 158 g/mol. The molecule has 64 valence electrons. The van der Waals surface area contributed by atoms with Crippen LogP contribution in [0.3, 0.4) is 0 Å². The van der Waals surface area contributed by atoms with Crippen LogP contribution >= 0.6 is 0 Å². The summed E-state index contributed by atoms with van der Waals surface area (Å²) in [6, 6.07) is -0.600. The number of hydrogen-bond acceptors (Lipinski definition) is 2. The molecule has 4 heteroatoms. The van der Waals surface area contributed by atoms with Gasteiger partial charge in [-0.1, -0.05) is 13.3 Å². The van der Waals surface area contributed by atoms with Gasteiger partial charge in [0.1, 0.15) is 6.04 Å². The first-order valence-corrected chi connectivity index (χ1v) is 3.62. The molecule has 1 atom stereocenters. The number of carbonyl (C=O) groups is 1. The molecule has 0 saturated heterocycles. The lowest BCUT2D eigenvalue weighted by Crippen LogP contribution is -2.39. The SMILES string of the molecule is CCCC(NC(C)=N)C(=O)O. The second-order valence-corrected chi connectivity index (χ2v) is 2.45. The fourth-order valence-corrected chi connectivity index (χ4v) is 0.807. The quantitative estimate of drug-likeness (QED) is 0.419. The summed E-state index contributed by atoms with van der Waals surface area (Å²) < 4.78 is 0. The maximum absolute atomic E-state index is 10.5. The Morgan fingerprint density at radius 3 is 2.55 bits per heavy atom. The van der Waals surface area contributed by atoms with E-state index in [1.165, 1.54) is 6.92 Å². The Kier molecular flexibility index (Phi) is 4.26. The number of rotatable bonds is 4. The predicted molar refractivity (Wildman–Crippen MR) is 42.9 cm³/mol. The van der Waals surface area contributed by atoms with Gasteiger partial charge >= 0.3 is 5.97 Å². The van der Waals surface area contributed by atoms with Crippen molar-refractivity contribution in [1.29, 1.82) is 5.41 Å². The van der Waals surface area contributed by atoms with Crippen LogP contribution in [-0.4, -0.2) is 23.0 Å². The van der Waals surface area contributed by atoms with E-state index < -0.39 is 12.0 Å². The molecule has 0 heterocycles. The Balaban J connectivity index is 3.89. The highest BCUT2D eigenvalue weighted by Gasteiger charge is 2.14. The van der Waals surface area contributed by atoms with Crippen LogP contribution in [0.4, 0.5) is 0 Å². The smallest absolute Gasteiger partial charge is 0.326 e. The molecule has 3 N–H and O–H groups in total. The van der Waals surface area contributed by atoms with E-state index in [1.807, 2.05) is 6.92 Å². The lowest BCUT2D eigenvalue weighted by Gasteiger charge is -2.12. The van der Waals surface area contributed by atoms with Crippen molar-refractivity contribution >= 4 is 11.8 Å². The van der Waals surface area contributed by atoms with Crippen molar-refractivity contribution in [2.75, 3.05) is 0 Å². The summed E-state index contributed by atoms with van der Waals surface area (Å²) in [7, 11) is 0. The Morgan fingerprint density at radius 1 is 1.73 bits per heavy atom. The summed E-state index contributed by atoms with van der Waals surface area (Å²) in [5, 5.41) is 18.2. The zero-order valence-corrected chi connectivity index (χ0v) is 6.85. The van der Waals surface area contributed by atoms with Crippen molar-refractivity contribution in [1.82, 2.24) is 5.32 Å². The zero-order valence-electron chi connectivity index (χ0n) is 6.85. The number of hydrogen-bond donors (Lipinski definition) is 3. The van der Waals surface area contributed by atoms with E-state index in [2.05, 4.69) is 5.32 Å². The number of carboxylic acid groups (broad SMARTS) is 1. The fourth-order valence-electron chi connectivity index (χ4n) is 0.807. The van der Waals surface area contributed by atoms with Gasteiger partial charge in [0.25, 0.3) is 0 Å². The van der Waals surface area contributed by atoms with Gasteiger partial charge in [0.2, 0.25) is 0 Å². The zero-order chi connectivity index (χ0) is 8.85. The van der Waals surface area contributed by atoms with Gasteiger partial charge in [0, 0.05) is 0 Å². The molecule has 0 aliphatic heterocycles. The third kappa shape index (κ3) is 4.36. The predicted octanol–water partition coefficient (Wildman–Crippen LogP) is 0.826. The summed E-state index contributed by atoms with van der Waals surface area (Å²) in [5.74, 6) is -0.690. The van der Waals surface area contributed by atoms with Gasteiger partial charge in [-0.3, -0.25) is 5.41 Å². The van der Waals surface area contributed by atoms with Crippen molar-refractivity contribution in [3.63, 3.8) is 0 Å². The minimum Gasteiger partial charge on any atom is -0.480 e.